The van der Waals surface area contributed by atoms with Crippen LogP contribution in [0.3, 0.4) is 0 Å². The molecule has 7 nitrogen and oxygen atoms in total. The van der Waals surface area contributed by atoms with Gasteiger partial charge in [0.2, 0.25) is 5.91 Å². The van der Waals surface area contributed by atoms with Crippen molar-refractivity contribution in [2.24, 2.45) is 5.92 Å². The summed E-state index contributed by atoms with van der Waals surface area (Å²) in [5.41, 5.74) is -1.04. The first-order valence-corrected chi connectivity index (χ1v) is 11.8. The van der Waals surface area contributed by atoms with E-state index in [0.717, 1.165) is 6.07 Å². The van der Waals surface area contributed by atoms with Crippen molar-refractivity contribution < 1.29 is 27.9 Å². The van der Waals surface area contributed by atoms with Gasteiger partial charge in [-0.05, 0) is 36.2 Å². The fourth-order valence-electron chi connectivity index (χ4n) is 4.61. The Bertz CT molecular complexity index is 1120. The Balaban J connectivity index is 1.58. The fraction of sp³-hybridized carbons (Fsp3) is 0.423. The number of likely N-dealkylation sites (tertiary alicyclic amines) is 1. The molecule has 0 saturated carbocycles. The van der Waals surface area contributed by atoms with Crippen LogP contribution in [-0.2, 0) is 9.53 Å². The van der Waals surface area contributed by atoms with Gasteiger partial charge in [0.25, 0.3) is 11.8 Å². The number of piperidine rings is 1. The minimum atomic E-state index is -1.13. The third-order valence-electron chi connectivity index (χ3n) is 6.47. The Morgan fingerprint density at radius 3 is 2.43 bits per heavy atom. The first-order chi connectivity index (χ1) is 16.7. The third kappa shape index (κ3) is 5.05. The molecule has 35 heavy (non-hydrogen) atoms. The van der Waals surface area contributed by atoms with Crippen molar-refractivity contribution in [1.82, 2.24) is 15.1 Å². The molecule has 1 atom stereocenters. The van der Waals surface area contributed by atoms with Crippen LogP contribution in [0.2, 0.25) is 0 Å². The lowest BCUT2D eigenvalue weighted by Gasteiger charge is -2.44. The molecule has 1 spiro atoms. The number of ether oxygens (including phenoxy) is 1. The van der Waals surface area contributed by atoms with E-state index in [0.29, 0.717) is 6.54 Å². The van der Waals surface area contributed by atoms with Crippen molar-refractivity contribution in [2.75, 3.05) is 26.2 Å². The SMILES string of the molecule is CC(C)CNC(=O)[C@@H]1COC2(CCN(C(=O)c3ccccc3F)CC2)N1C(=O)c1cccc(F)c1. The van der Waals surface area contributed by atoms with Crippen LogP contribution < -0.4 is 5.32 Å². The molecule has 186 valence electrons. The van der Waals surface area contributed by atoms with E-state index in [9.17, 15) is 23.2 Å². The number of hydrogen-bond donors (Lipinski definition) is 1. The smallest absolute Gasteiger partial charge is 0.256 e. The number of nitrogens with zero attached hydrogens (tertiary/aromatic N) is 2. The van der Waals surface area contributed by atoms with Gasteiger partial charge in [-0.3, -0.25) is 19.3 Å². The van der Waals surface area contributed by atoms with E-state index in [4.69, 9.17) is 4.74 Å². The predicted molar refractivity (Wildman–Crippen MR) is 124 cm³/mol. The van der Waals surface area contributed by atoms with Crippen molar-refractivity contribution >= 4 is 17.7 Å². The highest BCUT2D eigenvalue weighted by Gasteiger charge is 2.54. The highest BCUT2D eigenvalue weighted by atomic mass is 19.1. The molecule has 2 fully saturated rings. The monoisotopic (exact) mass is 485 g/mol. The van der Waals surface area contributed by atoms with Crippen molar-refractivity contribution in [2.45, 2.75) is 38.5 Å². The number of halogens is 2. The summed E-state index contributed by atoms with van der Waals surface area (Å²) in [5.74, 6) is -2.23. The Hall–Kier alpha value is -3.33. The molecule has 2 aliphatic heterocycles. The summed E-state index contributed by atoms with van der Waals surface area (Å²) < 4.78 is 34.1. The van der Waals surface area contributed by atoms with Crippen LogP contribution in [0.15, 0.2) is 48.5 Å². The molecule has 1 N–H and O–H groups in total. The van der Waals surface area contributed by atoms with E-state index in [1.54, 1.807) is 6.07 Å². The molecule has 2 heterocycles. The van der Waals surface area contributed by atoms with Crippen molar-refractivity contribution in [3.63, 3.8) is 0 Å². The minimum absolute atomic E-state index is 0.00769. The quantitative estimate of drug-likeness (QED) is 0.706. The summed E-state index contributed by atoms with van der Waals surface area (Å²) >= 11 is 0. The summed E-state index contributed by atoms with van der Waals surface area (Å²) in [6.07, 6.45) is 0.477. The van der Waals surface area contributed by atoms with Crippen LogP contribution in [-0.4, -0.2) is 65.5 Å². The molecule has 2 aromatic rings. The van der Waals surface area contributed by atoms with Gasteiger partial charge < -0.3 is 15.0 Å². The average molecular weight is 486 g/mol. The number of amides is 3. The second-order valence-corrected chi connectivity index (χ2v) is 9.37. The van der Waals surface area contributed by atoms with E-state index >= 15 is 0 Å². The molecule has 9 heteroatoms. The minimum Gasteiger partial charge on any atom is -0.354 e. The maximum absolute atomic E-state index is 14.1. The first-order valence-electron chi connectivity index (χ1n) is 11.8. The molecule has 2 aliphatic rings. The highest BCUT2D eigenvalue weighted by Crippen LogP contribution is 2.39. The van der Waals surface area contributed by atoms with Crippen molar-refractivity contribution in [3.05, 3.63) is 71.3 Å². The molecule has 2 saturated heterocycles. The van der Waals surface area contributed by atoms with Crippen molar-refractivity contribution in [3.8, 4) is 0 Å². The van der Waals surface area contributed by atoms with E-state index in [1.165, 1.54) is 46.2 Å². The van der Waals surface area contributed by atoms with Gasteiger partial charge in [-0.1, -0.05) is 32.0 Å². The first kappa shape index (κ1) is 24.8. The maximum atomic E-state index is 14.1. The zero-order valence-corrected chi connectivity index (χ0v) is 19.8. The van der Waals surface area contributed by atoms with Gasteiger partial charge in [-0.15, -0.1) is 0 Å². The van der Waals surface area contributed by atoms with E-state index < -0.39 is 35.2 Å². The van der Waals surface area contributed by atoms with Gasteiger partial charge in [0.05, 0.1) is 12.2 Å². The molecule has 0 aliphatic carbocycles. The Morgan fingerprint density at radius 2 is 1.77 bits per heavy atom. The van der Waals surface area contributed by atoms with E-state index in [2.05, 4.69) is 5.32 Å². The normalized spacial score (nSPS) is 19.3. The lowest BCUT2D eigenvalue weighted by Crippen LogP contribution is -2.60. The Morgan fingerprint density at radius 1 is 1.06 bits per heavy atom. The molecule has 0 radical (unpaired) electrons. The summed E-state index contributed by atoms with van der Waals surface area (Å²) in [4.78, 5) is 42.4. The lowest BCUT2D eigenvalue weighted by atomic mass is 9.96. The zero-order chi connectivity index (χ0) is 25.2. The number of carbonyl (C=O) groups is 3. The topological polar surface area (TPSA) is 79.0 Å². The van der Waals surface area contributed by atoms with Gasteiger partial charge in [0.15, 0.2) is 0 Å². The number of carbonyl (C=O) groups excluding carboxylic acids is 3. The standard InChI is InChI=1S/C26H29F2N3O4/c1-17(2)15-29-23(32)22-16-35-26(31(22)24(33)18-6-5-7-19(27)14-18)10-12-30(13-11-26)25(34)20-8-3-4-9-21(20)28/h3-9,14,17,22H,10-13,15-16H2,1-2H3,(H,29,32)/t22-/m0/s1. The third-order valence-corrected chi connectivity index (χ3v) is 6.47. The second-order valence-electron chi connectivity index (χ2n) is 9.37. The predicted octanol–water partition coefficient (Wildman–Crippen LogP) is 3.21. The lowest BCUT2D eigenvalue weighted by molar-refractivity contribution is -0.128. The Kier molecular flexibility index (Phi) is 7.16. The van der Waals surface area contributed by atoms with Gasteiger partial charge in [0.1, 0.15) is 23.4 Å². The number of nitrogens with one attached hydrogen (secondary N) is 1. The van der Waals surface area contributed by atoms with Crippen LogP contribution >= 0.6 is 0 Å². The summed E-state index contributed by atoms with van der Waals surface area (Å²) in [7, 11) is 0. The highest BCUT2D eigenvalue weighted by molar-refractivity contribution is 5.98. The molecular weight excluding hydrogens is 456 g/mol. The van der Waals surface area contributed by atoms with E-state index in [1.807, 2.05) is 13.8 Å². The molecule has 4 rings (SSSR count). The molecule has 2 aromatic carbocycles. The number of hydrogen-bond acceptors (Lipinski definition) is 4. The van der Waals surface area contributed by atoms with Gasteiger partial charge >= 0.3 is 0 Å². The summed E-state index contributed by atoms with van der Waals surface area (Å²) in [6.45, 7) is 4.78. The number of rotatable bonds is 5. The van der Waals surface area contributed by atoms with Gasteiger partial charge in [-0.2, -0.15) is 0 Å². The molecule has 3 amide bonds. The van der Waals surface area contributed by atoms with Crippen molar-refractivity contribution in [1.29, 1.82) is 0 Å². The fourth-order valence-corrected chi connectivity index (χ4v) is 4.61. The second kappa shape index (κ2) is 10.1. The molecular formula is C26H29F2N3O4. The van der Waals surface area contributed by atoms with Crippen LogP contribution in [0.5, 0.6) is 0 Å². The molecule has 0 unspecified atom stereocenters. The Labute approximate surface area is 203 Å². The zero-order valence-electron chi connectivity index (χ0n) is 19.8. The largest absolute Gasteiger partial charge is 0.354 e. The number of benzene rings is 2. The average Bonchev–Trinajstić information content (AvgIpc) is 3.21. The van der Waals surface area contributed by atoms with Gasteiger partial charge in [0, 0.05) is 38.0 Å². The molecule has 0 aromatic heterocycles. The van der Waals surface area contributed by atoms with Crippen LogP contribution in [0, 0.1) is 17.6 Å². The maximum Gasteiger partial charge on any atom is 0.256 e. The van der Waals surface area contributed by atoms with Crippen LogP contribution in [0.4, 0.5) is 8.78 Å². The van der Waals surface area contributed by atoms with Gasteiger partial charge in [-0.25, -0.2) is 8.78 Å². The summed E-state index contributed by atoms with van der Waals surface area (Å²) in [6, 6.07) is 10.2. The van der Waals surface area contributed by atoms with E-state index in [-0.39, 0.29) is 55.5 Å². The molecule has 0 bridgehead atoms. The summed E-state index contributed by atoms with van der Waals surface area (Å²) in [5, 5.41) is 2.86. The van der Waals surface area contributed by atoms with Crippen LogP contribution in [0.1, 0.15) is 47.4 Å². The van der Waals surface area contributed by atoms with Crippen LogP contribution in [0.25, 0.3) is 0 Å².